The summed E-state index contributed by atoms with van der Waals surface area (Å²) in [5.41, 5.74) is 0.682. The van der Waals surface area contributed by atoms with Crippen LogP contribution < -0.4 is 5.32 Å². The van der Waals surface area contributed by atoms with Crippen LogP contribution in [0.5, 0.6) is 0 Å². The molecule has 4 rings (SSSR count). The standard InChI is InChI=1S/C14H19N5O3S/c1-15-11-7-12(18-13(17-11)23-2)19(5-16-7)8-6-3-14(6,4-20)10(22)9(8)21/h5-6,8-10,20-22H,3-4H2,1-2H3,(H,15,17,18)/t6-,8-,9-,10?,14+/m1/s1. The molecule has 124 valence electrons. The molecule has 0 saturated heterocycles. The Balaban J connectivity index is 1.84. The Morgan fingerprint density at radius 1 is 1.43 bits per heavy atom. The monoisotopic (exact) mass is 337 g/mol. The maximum Gasteiger partial charge on any atom is 0.191 e. The van der Waals surface area contributed by atoms with Crippen molar-refractivity contribution in [1.29, 1.82) is 0 Å². The zero-order valence-corrected chi connectivity index (χ0v) is 13.7. The second-order valence-corrected chi connectivity index (χ2v) is 7.03. The maximum atomic E-state index is 10.5. The third-order valence-corrected chi connectivity index (χ3v) is 5.84. The van der Waals surface area contributed by atoms with Gasteiger partial charge in [0.1, 0.15) is 6.10 Å². The first-order chi connectivity index (χ1) is 11.1. The maximum absolute atomic E-state index is 10.5. The largest absolute Gasteiger partial charge is 0.396 e. The smallest absolute Gasteiger partial charge is 0.191 e. The zero-order valence-electron chi connectivity index (χ0n) is 12.8. The van der Waals surface area contributed by atoms with Crippen LogP contribution in [0, 0.1) is 11.3 Å². The van der Waals surface area contributed by atoms with Gasteiger partial charge >= 0.3 is 0 Å². The molecule has 0 amide bonds. The quantitative estimate of drug-likeness (QED) is 0.450. The van der Waals surface area contributed by atoms with Crippen LogP contribution in [0.1, 0.15) is 12.5 Å². The number of anilines is 1. The normalized spacial score (nSPS) is 35.5. The molecular weight excluding hydrogens is 318 g/mol. The highest BCUT2D eigenvalue weighted by atomic mass is 32.2. The van der Waals surface area contributed by atoms with Crippen LogP contribution in [0.2, 0.25) is 0 Å². The van der Waals surface area contributed by atoms with E-state index < -0.39 is 17.6 Å². The molecule has 2 fully saturated rings. The highest BCUT2D eigenvalue weighted by Gasteiger charge is 2.71. The first-order valence-electron chi connectivity index (χ1n) is 7.50. The van der Waals surface area contributed by atoms with Crippen LogP contribution in [0.3, 0.4) is 0 Å². The van der Waals surface area contributed by atoms with Gasteiger partial charge in [-0.25, -0.2) is 15.0 Å². The number of nitrogens with one attached hydrogen (secondary N) is 1. The molecule has 0 aromatic carbocycles. The van der Waals surface area contributed by atoms with E-state index in [2.05, 4.69) is 20.3 Å². The Bertz CT molecular complexity index is 768. The molecule has 2 heterocycles. The lowest BCUT2D eigenvalue weighted by Crippen LogP contribution is -2.35. The average molecular weight is 337 g/mol. The van der Waals surface area contributed by atoms with E-state index in [4.69, 9.17) is 0 Å². The summed E-state index contributed by atoms with van der Waals surface area (Å²) in [6.07, 6.45) is 2.37. The average Bonchev–Trinajstić information content (AvgIpc) is 3.10. The number of imidazole rings is 1. The van der Waals surface area contributed by atoms with Gasteiger partial charge in [-0.2, -0.15) is 0 Å². The van der Waals surface area contributed by atoms with Crippen molar-refractivity contribution in [2.75, 3.05) is 25.2 Å². The van der Waals surface area contributed by atoms with Gasteiger partial charge in [-0.05, 0) is 18.6 Å². The highest BCUT2D eigenvalue weighted by Crippen LogP contribution is 2.67. The Morgan fingerprint density at radius 2 is 2.22 bits per heavy atom. The van der Waals surface area contributed by atoms with Gasteiger partial charge in [-0.3, -0.25) is 0 Å². The van der Waals surface area contributed by atoms with Crippen molar-refractivity contribution >= 4 is 28.7 Å². The van der Waals surface area contributed by atoms with Gasteiger partial charge in [-0.15, -0.1) is 0 Å². The van der Waals surface area contributed by atoms with E-state index in [-0.39, 0.29) is 18.6 Å². The minimum absolute atomic E-state index is 0.0284. The van der Waals surface area contributed by atoms with Crippen LogP contribution in [0.25, 0.3) is 11.2 Å². The summed E-state index contributed by atoms with van der Waals surface area (Å²) in [7, 11) is 1.77. The lowest BCUT2D eigenvalue weighted by atomic mass is 10.0. The van der Waals surface area contributed by atoms with Crippen molar-refractivity contribution < 1.29 is 15.3 Å². The van der Waals surface area contributed by atoms with Gasteiger partial charge in [-0.1, -0.05) is 11.8 Å². The Kier molecular flexibility index (Phi) is 3.31. The molecule has 9 heteroatoms. The summed E-state index contributed by atoms with van der Waals surface area (Å²) in [6, 6.07) is -0.337. The SMILES string of the molecule is CNc1nc(SC)nc2c1ncn2[C@@H]1[C@H]2C[C@@]2(CO)C(O)[C@@H]1O. The first kappa shape index (κ1) is 15.1. The Labute approximate surface area is 137 Å². The Hall–Kier alpha value is -1.42. The summed E-state index contributed by atoms with van der Waals surface area (Å²) >= 11 is 1.43. The molecule has 2 aromatic heterocycles. The van der Waals surface area contributed by atoms with Crippen molar-refractivity contribution in [2.45, 2.75) is 29.8 Å². The molecule has 1 unspecified atom stereocenters. The third kappa shape index (κ3) is 1.87. The molecule has 0 bridgehead atoms. The highest BCUT2D eigenvalue weighted by molar-refractivity contribution is 7.98. The fourth-order valence-corrected chi connectivity index (χ4v) is 4.29. The van der Waals surface area contributed by atoms with Crippen molar-refractivity contribution in [2.24, 2.45) is 11.3 Å². The molecule has 0 spiro atoms. The number of thioether (sulfide) groups is 1. The number of fused-ring (bicyclic) bond motifs is 2. The van der Waals surface area contributed by atoms with E-state index in [9.17, 15) is 15.3 Å². The number of nitrogens with zero attached hydrogens (tertiary/aromatic N) is 4. The minimum Gasteiger partial charge on any atom is -0.396 e. The molecule has 2 aliphatic carbocycles. The van der Waals surface area contributed by atoms with Crippen molar-refractivity contribution in [1.82, 2.24) is 19.5 Å². The second-order valence-electron chi connectivity index (χ2n) is 6.26. The molecule has 5 atom stereocenters. The van der Waals surface area contributed by atoms with E-state index in [1.807, 2.05) is 10.8 Å². The fourth-order valence-electron chi connectivity index (χ4n) is 3.93. The van der Waals surface area contributed by atoms with E-state index in [0.717, 1.165) is 0 Å². The van der Waals surface area contributed by atoms with Crippen LogP contribution in [-0.2, 0) is 0 Å². The van der Waals surface area contributed by atoms with E-state index in [0.29, 0.717) is 28.6 Å². The van der Waals surface area contributed by atoms with Crippen molar-refractivity contribution in [3.05, 3.63) is 6.33 Å². The van der Waals surface area contributed by atoms with Gasteiger partial charge in [0.2, 0.25) is 0 Å². The number of rotatable bonds is 4. The lowest BCUT2D eigenvalue weighted by Gasteiger charge is -2.23. The first-order valence-corrected chi connectivity index (χ1v) is 8.73. The summed E-state index contributed by atoms with van der Waals surface area (Å²) in [5.74, 6) is 0.663. The topological polar surface area (TPSA) is 116 Å². The summed E-state index contributed by atoms with van der Waals surface area (Å²) in [5, 5.41) is 34.0. The second kappa shape index (κ2) is 5.04. The third-order valence-electron chi connectivity index (χ3n) is 5.29. The number of aromatic nitrogens is 4. The zero-order chi connectivity index (χ0) is 16.4. The van der Waals surface area contributed by atoms with E-state index >= 15 is 0 Å². The molecular formula is C14H19N5O3S. The molecule has 0 aliphatic heterocycles. The number of aliphatic hydroxyl groups excluding tert-OH is 3. The molecule has 2 aliphatic rings. The number of aliphatic hydroxyl groups is 3. The van der Waals surface area contributed by atoms with E-state index in [1.54, 1.807) is 13.4 Å². The van der Waals surface area contributed by atoms with Crippen LogP contribution >= 0.6 is 11.8 Å². The predicted octanol–water partition coefficient (Wildman–Crippen LogP) is -0.135. The Morgan fingerprint density at radius 3 is 2.83 bits per heavy atom. The minimum atomic E-state index is -0.941. The molecule has 2 aromatic rings. The molecule has 23 heavy (non-hydrogen) atoms. The predicted molar refractivity (Wildman–Crippen MR) is 85.3 cm³/mol. The number of hydrogen-bond donors (Lipinski definition) is 4. The van der Waals surface area contributed by atoms with Gasteiger partial charge in [0.05, 0.1) is 25.1 Å². The number of hydrogen-bond acceptors (Lipinski definition) is 8. The fraction of sp³-hybridized carbons (Fsp3) is 0.643. The van der Waals surface area contributed by atoms with Gasteiger partial charge in [0, 0.05) is 12.5 Å². The summed E-state index contributed by atoms with van der Waals surface area (Å²) in [4.78, 5) is 13.3. The van der Waals surface area contributed by atoms with Crippen LogP contribution in [0.15, 0.2) is 11.5 Å². The van der Waals surface area contributed by atoms with E-state index in [1.165, 1.54) is 11.8 Å². The van der Waals surface area contributed by atoms with Gasteiger partial charge < -0.3 is 25.2 Å². The lowest BCUT2D eigenvalue weighted by molar-refractivity contribution is -0.0300. The van der Waals surface area contributed by atoms with Gasteiger partial charge in [0.15, 0.2) is 22.1 Å². The molecule has 8 nitrogen and oxygen atoms in total. The summed E-state index contributed by atoms with van der Waals surface area (Å²) in [6.45, 7) is -0.119. The molecule has 0 radical (unpaired) electrons. The molecule has 4 N–H and O–H groups in total. The van der Waals surface area contributed by atoms with Crippen LogP contribution in [0.4, 0.5) is 5.82 Å². The van der Waals surface area contributed by atoms with Crippen LogP contribution in [-0.4, -0.2) is 67.0 Å². The molecule has 2 saturated carbocycles. The summed E-state index contributed by atoms with van der Waals surface area (Å²) < 4.78 is 1.82. The van der Waals surface area contributed by atoms with Crippen molar-refractivity contribution in [3.63, 3.8) is 0 Å². The van der Waals surface area contributed by atoms with Gasteiger partial charge in [0.25, 0.3) is 0 Å². The van der Waals surface area contributed by atoms with Crippen molar-refractivity contribution in [3.8, 4) is 0 Å².